The fourth-order valence-electron chi connectivity index (χ4n) is 6.06. The largest absolute Gasteiger partial charge is 0.423 e. The molecular weight excluding hydrogens is 735 g/mol. The number of aromatic nitrogens is 3. The van der Waals surface area contributed by atoms with Gasteiger partial charge in [0.15, 0.2) is 11.5 Å². The number of anilines is 3. The van der Waals surface area contributed by atoms with Crippen molar-refractivity contribution in [1.29, 1.82) is 0 Å². The molecule has 0 saturated heterocycles. The third kappa shape index (κ3) is 10.3. The van der Waals surface area contributed by atoms with Crippen LogP contribution in [-0.2, 0) is 0 Å². The average Bonchev–Trinajstić information content (AvgIpc) is 3.34. The summed E-state index contributed by atoms with van der Waals surface area (Å²) in [6.45, 7) is 8.43. The third-order valence-electron chi connectivity index (χ3n) is 9.15. The number of para-hydroxylation sites is 1. The van der Waals surface area contributed by atoms with Crippen LogP contribution in [-0.4, -0.2) is 45.3 Å². The molecule has 1 amide bonds. The quantitative estimate of drug-likeness (QED) is 0.0652. The first-order chi connectivity index (χ1) is 28.1. The van der Waals surface area contributed by atoms with E-state index in [-0.39, 0.29) is 63.1 Å². The van der Waals surface area contributed by atoms with Crippen molar-refractivity contribution in [3.05, 3.63) is 161 Å². The molecule has 1 aliphatic rings. The number of carbonyl (C=O) groups is 4. The van der Waals surface area contributed by atoms with Gasteiger partial charge >= 0.3 is 17.9 Å². The number of fused-ring (bicyclic) bond motifs is 2. The first kappa shape index (κ1) is 40.5. The number of carbonyl (C=O) groups excluding carboxylic acids is 4. The minimum Gasteiger partial charge on any atom is -0.423 e. The summed E-state index contributed by atoms with van der Waals surface area (Å²) >= 11 is 0. The second kappa shape index (κ2) is 19.1. The zero-order chi connectivity index (χ0) is 41.0. The van der Waals surface area contributed by atoms with Crippen molar-refractivity contribution >= 4 is 40.9 Å². The van der Waals surface area contributed by atoms with E-state index < -0.39 is 23.8 Å². The number of hydrogen-bond donors (Lipinski definition) is 1. The highest BCUT2D eigenvalue weighted by Crippen LogP contribution is 2.47. The Hall–Kier alpha value is -7.21. The van der Waals surface area contributed by atoms with Gasteiger partial charge in [-0.25, -0.2) is 14.4 Å². The maximum Gasteiger partial charge on any atom is 0.345 e. The van der Waals surface area contributed by atoms with Crippen molar-refractivity contribution in [2.45, 2.75) is 53.4 Å². The number of rotatable bonds is 14. The van der Waals surface area contributed by atoms with Gasteiger partial charge < -0.3 is 24.4 Å². The average molecular weight is 778 g/mol. The molecule has 0 bridgehead atoms. The molecule has 6 rings (SSSR count). The Bertz CT molecular complexity index is 2390. The molecule has 0 atom stereocenters. The summed E-state index contributed by atoms with van der Waals surface area (Å²) in [5.74, 6) is -2.67. The SMILES string of the molecule is CC(C)=CCC/C(C)=C/CC/C(C)=C/CN1C(=O)c2cccc(OC(=O)c3cccnc3)c2Nc2c(OC(=O)c3cccnc3)cc(OC(=O)c3cccnc3)cc21. The molecule has 12 nitrogen and oxygen atoms in total. The van der Waals surface area contributed by atoms with E-state index in [1.165, 1.54) is 65.4 Å². The van der Waals surface area contributed by atoms with Crippen LogP contribution >= 0.6 is 0 Å². The van der Waals surface area contributed by atoms with E-state index in [9.17, 15) is 19.2 Å². The highest BCUT2D eigenvalue weighted by atomic mass is 16.5. The fraction of sp³-hybridized carbons (Fsp3) is 0.196. The van der Waals surface area contributed by atoms with E-state index in [1.54, 1.807) is 54.6 Å². The van der Waals surface area contributed by atoms with Crippen LogP contribution < -0.4 is 24.4 Å². The van der Waals surface area contributed by atoms with Crippen LogP contribution in [0.5, 0.6) is 17.2 Å². The van der Waals surface area contributed by atoms with Crippen molar-refractivity contribution in [2.24, 2.45) is 0 Å². The lowest BCUT2D eigenvalue weighted by Crippen LogP contribution is -2.31. The number of allylic oxidation sites excluding steroid dienone is 5. The molecule has 3 aromatic heterocycles. The standard InChI is InChI=1S/C46H43N5O7/c1-30(2)11-5-12-31(3)13-6-14-32(4)20-24-51-38-25-36(56-44(53)33-15-8-21-47-27-33)26-40(58-46(55)35-17-10-23-49-29-35)42(38)50-41-37(43(51)52)18-7-19-39(41)57-45(54)34-16-9-22-48-28-34/h7-11,13,15-23,25-29,50H,5-6,12,14,24H2,1-4H3/b31-13+,32-20+. The number of nitrogens with one attached hydrogen (secondary N) is 1. The molecule has 2 aromatic carbocycles. The van der Waals surface area contributed by atoms with Gasteiger partial charge in [0, 0.05) is 55.9 Å². The Kier molecular flexibility index (Phi) is 13.3. The Morgan fingerprint density at radius 1 is 0.638 bits per heavy atom. The zero-order valence-electron chi connectivity index (χ0n) is 32.7. The predicted molar refractivity (Wildman–Crippen MR) is 221 cm³/mol. The fourth-order valence-corrected chi connectivity index (χ4v) is 6.06. The van der Waals surface area contributed by atoms with E-state index in [0.29, 0.717) is 0 Å². The highest BCUT2D eigenvalue weighted by Gasteiger charge is 2.33. The van der Waals surface area contributed by atoms with Gasteiger partial charge in [0.25, 0.3) is 5.91 Å². The number of amides is 1. The summed E-state index contributed by atoms with van der Waals surface area (Å²) in [6.07, 6.45) is 18.7. The van der Waals surface area contributed by atoms with Crippen LogP contribution in [0.25, 0.3) is 0 Å². The summed E-state index contributed by atoms with van der Waals surface area (Å²) in [6, 6.07) is 17.1. The third-order valence-corrected chi connectivity index (χ3v) is 9.15. The van der Waals surface area contributed by atoms with Gasteiger partial charge in [0.1, 0.15) is 11.4 Å². The molecule has 1 N–H and O–H groups in total. The highest BCUT2D eigenvalue weighted by molar-refractivity contribution is 6.16. The summed E-state index contributed by atoms with van der Waals surface area (Å²) in [7, 11) is 0. The molecule has 0 fully saturated rings. The Morgan fingerprint density at radius 3 is 1.76 bits per heavy atom. The lowest BCUT2D eigenvalue weighted by Gasteiger charge is -2.24. The molecule has 0 aliphatic carbocycles. The zero-order valence-corrected chi connectivity index (χ0v) is 32.7. The van der Waals surface area contributed by atoms with Gasteiger partial charge in [-0.05, 0) is 102 Å². The smallest absolute Gasteiger partial charge is 0.345 e. The molecule has 0 saturated carbocycles. The van der Waals surface area contributed by atoms with E-state index in [2.05, 4.69) is 53.2 Å². The predicted octanol–water partition coefficient (Wildman–Crippen LogP) is 9.65. The maximum absolute atomic E-state index is 14.7. The second-order valence-electron chi connectivity index (χ2n) is 13.9. The molecule has 294 valence electrons. The minimum atomic E-state index is -0.758. The van der Waals surface area contributed by atoms with Crippen LogP contribution in [0, 0.1) is 0 Å². The summed E-state index contributed by atoms with van der Waals surface area (Å²) in [4.78, 5) is 68.4. The topological polar surface area (TPSA) is 150 Å². The minimum absolute atomic E-state index is 0.00944. The number of esters is 3. The van der Waals surface area contributed by atoms with E-state index in [1.807, 2.05) is 13.0 Å². The van der Waals surface area contributed by atoms with Crippen LogP contribution in [0.2, 0.25) is 0 Å². The van der Waals surface area contributed by atoms with Gasteiger partial charge in [-0.1, -0.05) is 41.0 Å². The second-order valence-corrected chi connectivity index (χ2v) is 13.9. The Labute approximate surface area is 336 Å². The first-order valence-corrected chi connectivity index (χ1v) is 18.8. The monoisotopic (exact) mass is 777 g/mol. The van der Waals surface area contributed by atoms with Crippen molar-refractivity contribution < 1.29 is 33.4 Å². The number of ether oxygens (including phenoxy) is 3. The molecule has 0 radical (unpaired) electrons. The molecule has 5 aromatic rings. The van der Waals surface area contributed by atoms with Gasteiger partial charge in [-0.2, -0.15) is 0 Å². The molecule has 1 aliphatic heterocycles. The van der Waals surface area contributed by atoms with Crippen molar-refractivity contribution in [3.63, 3.8) is 0 Å². The molecule has 0 unspecified atom stereocenters. The Balaban J connectivity index is 1.42. The molecule has 58 heavy (non-hydrogen) atoms. The van der Waals surface area contributed by atoms with Gasteiger partial charge in [-0.3, -0.25) is 19.7 Å². The van der Waals surface area contributed by atoms with Crippen molar-refractivity contribution in [3.8, 4) is 17.2 Å². The van der Waals surface area contributed by atoms with E-state index in [0.717, 1.165) is 31.3 Å². The van der Waals surface area contributed by atoms with Crippen molar-refractivity contribution in [1.82, 2.24) is 15.0 Å². The number of nitrogens with zero attached hydrogens (tertiary/aromatic N) is 4. The lowest BCUT2D eigenvalue weighted by molar-refractivity contribution is 0.0721. The van der Waals surface area contributed by atoms with Gasteiger partial charge in [0.05, 0.1) is 33.6 Å². The van der Waals surface area contributed by atoms with Gasteiger partial charge in [0.2, 0.25) is 0 Å². The molecule has 0 spiro atoms. The number of hydrogen-bond acceptors (Lipinski definition) is 11. The van der Waals surface area contributed by atoms with Crippen LogP contribution in [0.1, 0.15) is 94.8 Å². The maximum atomic E-state index is 14.7. The van der Waals surface area contributed by atoms with E-state index >= 15 is 0 Å². The molecule has 12 heteroatoms. The summed E-state index contributed by atoms with van der Waals surface area (Å²) < 4.78 is 17.6. The molecule has 4 heterocycles. The normalized spacial score (nSPS) is 12.3. The van der Waals surface area contributed by atoms with E-state index in [4.69, 9.17) is 14.2 Å². The number of pyridine rings is 3. The van der Waals surface area contributed by atoms with Crippen LogP contribution in [0.4, 0.5) is 17.1 Å². The summed E-state index contributed by atoms with van der Waals surface area (Å²) in [5, 5.41) is 3.25. The van der Waals surface area contributed by atoms with Gasteiger partial charge in [-0.15, -0.1) is 0 Å². The molecular formula is C46H43N5O7. The number of benzene rings is 2. The lowest BCUT2D eigenvalue weighted by atomic mass is 10.1. The Morgan fingerprint density at radius 2 is 1.19 bits per heavy atom. The van der Waals surface area contributed by atoms with Crippen LogP contribution in [0.3, 0.4) is 0 Å². The first-order valence-electron chi connectivity index (χ1n) is 18.8. The van der Waals surface area contributed by atoms with Crippen molar-refractivity contribution in [2.75, 3.05) is 16.8 Å². The summed E-state index contributed by atoms with van der Waals surface area (Å²) in [5.41, 5.74) is 4.93. The van der Waals surface area contributed by atoms with Crippen LogP contribution in [0.15, 0.2) is 139 Å².